The van der Waals surface area contributed by atoms with Crippen molar-refractivity contribution in [3.63, 3.8) is 0 Å². The maximum atomic E-state index is 11.8. The number of carboxylic acid groups (broad SMARTS) is 1. The molecule has 0 aliphatic heterocycles. The molecule has 1 fully saturated rings. The van der Waals surface area contributed by atoms with Crippen molar-refractivity contribution in [3.8, 4) is 0 Å². The van der Waals surface area contributed by atoms with E-state index in [-0.39, 0.29) is 0 Å². The van der Waals surface area contributed by atoms with Gasteiger partial charge in [-0.15, -0.1) is 11.3 Å². The minimum Gasteiger partial charge on any atom is -0.480 e. The van der Waals surface area contributed by atoms with Gasteiger partial charge in [-0.2, -0.15) is 0 Å². The van der Waals surface area contributed by atoms with Crippen molar-refractivity contribution in [2.45, 2.75) is 38.1 Å². The molecule has 1 aliphatic rings. The Morgan fingerprint density at radius 2 is 2.11 bits per heavy atom. The molecule has 0 atom stereocenters. The van der Waals surface area contributed by atoms with E-state index in [1.54, 1.807) is 6.20 Å². The van der Waals surface area contributed by atoms with Crippen LogP contribution < -0.4 is 10.6 Å². The van der Waals surface area contributed by atoms with Gasteiger partial charge in [0, 0.05) is 11.1 Å². The predicted octanol–water partition coefficient (Wildman–Crippen LogP) is 1.97. The zero-order valence-electron chi connectivity index (χ0n) is 10.0. The Bertz CT molecular complexity index is 466. The van der Waals surface area contributed by atoms with Crippen molar-refractivity contribution in [3.05, 3.63) is 11.1 Å². The van der Waals surface area contributed by atoms with E-state index >= 15 is 0 Å². The van der Waals surface area contributed by atoms with Crippen LogP contribution in [-0.4, -0.2) is 27.6 Å². The van der Waals surface area contributed by atoms with Crippen LogP contribution in [0.4, 0.5) is 9.93 Å². The van der Waals surface area contributed by atoms with E-state index in [1.807, 2.05) is 6.92 Å². The van der Waals surface area contributed by atoms with Crippen LogP contribution in [0.5, 0.6) is 0 Å². The summed E-state index contributed by atoms with van der Waals surface area (Å²) in [7, 11) is 0. The molecule has 1 saturated carbocycles. The molecular formula is C11H15N3O3S. The molecule has 1 aromatic heterocycles. The van der Waals surface area contributed by atoms with Gasteiger partial charge in [0.05, 0.1) is 0 Å². The molecule has 0 radical (unpaired) electrons. The van der Waals surface area contributed by atoms with E-state index in [2.05, 4.69) is 15.6 Å². The van der Waals surface area contributed by atoms with E-state index in [1.165, 1.54) is 11.3 Å². The summed E-state index contributed by atoms with van der Waals surface area (Å²) in [5.41, 5.74) is -1.11. The van der Waals surface area contributed by atoms with Gasteiger partial charge in [0.2, 0.25) is 0 Å². The van der Waals surface area contributed by atoms with Gasteiger partial charge in [0.1, 0.15) is 5.54 Å². The lowest BCUT2D eigenvalue weighted by Gasteiger charge is -2.24. The number of aryl methyl sites for hydroxylation is 1. The van der Waals surface area contributed by atoms with Crippen LogP contribution in [0.1, 0.15) is 30.6 Å². The first-order valence-corrected chi connectivity index (χ1v) is 6.58. The van der Waals surface area contributed by atoms with Crippen LogP contribution in [0.3, 0.4) is 0 Å². The van der Waals surface area contributed by atoms with E-state index in [4.69, 9.17) is 0 Å². The first-order chi connectivity index (χ1) is 8.52. The Kier molecular flexibility index (Phi) is 3.51. The highest BCUT2D eigenvalue weighted by Gasteiger charge is 2.42. The van der Waals surface area contributed by atoms with Gasteiger partial charge >= 0.3 is 12.0 Å². The fourth-order valence-electron chi connectivity index (χ4n) is 2.13. The third-order valence-corrected chi connectivity index (χ3v) is 3.89. The minimum atomic E-state index is -1.11. The number of hydrogen-bond acceptors (Lipinski definition) is 4. The summed E-state index contributed by atoms with van der Waals surface area (Å²) in [6, 6.07) is -0.506. The van der Waals surface area contributed by atoms with Gasteiger partial charge in [-0.1, -0.05) is 12.8 Å². The summed E-state index contributed by atoms with van der Waals surface area (Å²) in [4.78, 5) is 28.0. The third kappa shape index (κ3) is 2.61. The molecule has 98 valence electrons. The molecule has 0 saturated heterocycles. The predicted molar refractivity (Wildman–Crippen MR) is 67.8 cm³/mol. The van der Waals surface area contributed by atoms with Crippen LogP contribution in [0.15, 0.2) is 6.20 Å². The van der Waals surface area contributed by atoms with Crippen LogP contribution in [0.2, 0.25) is 0 Å². The second-order valence-electron chi connectivity index (χ2n) is 4.45. The molecular weight excluding hydrogens is 254 g/mol. The summed E-state index contributed by atoms with van der Waals surface area (Å²) < 4.78 is 0. The van der Waals surface area contributed by atoms with E-state index in [0.29, 0.717) is 18.0 Å². The number of carboxylic acids is 1. The van der Waals surface area contributed by atoms with Crippen molar-refractivity contribution in [2.75, 3.05) is 5.32 Å². The van der Waals surface area contributed by atoms with Gasteiger partial charge in [0.25, 0.3) is 0 Å². The largest absolute Gasteiger partial charge is 0.480 e. The van der Waals surface area contributed by atoms with Gasteiger partial charge in [0.15, 0.2) is 5.13 Å². The summed E-state index contributed by atoms with van der Waals surface area (Å²) >= 11 is 1.35. The summed E-state index contributed by atoms with van der Waals surface area (Å²) in [6.45, 7) is 1.89. The van der Waals surface area contributed by atoms with Crippen molar-refractivity contribution in [1.29, 1.82) is 0 Å². The smallest absolute Gasteiger partial charge is 0.329 e. The number of hydrogen-bond donors (Lipinski definition) is 3. The summed E-state index contributed by atoms with van der Waals surface area (Å²) in [5.74, 6) is -0.967. The fourth-order valence-corrected chi connectivity index (χ4v) is 2.79. The monoisotopic (exact) mass is 269 g/mol. The molecule has 0 bridgehead atoms. The topological polar surface area (TPSA) is 91.3 Å². The number of urea groups is 1. The molecule has 1 heterocycles. The molecule has 7 heteroatoms. The molecule has 18 heavy (non-hydrogen) atoms. The summed E-state index contributed by atoms with van der Waals surface area (Å²) in [6.07, 6.45) is 4.26. The molecule has 1 aliphatic carbocycles. The van der Waals surface area contributed by atoms with Crippen LogP contribution in [0.25, 0.3) is 0 Å². The lowest BCUT2D eigenvalue weighted by molar-refractivity contribution is -0.144. The fraction of sp³-hybridized carbons (Fsp3) is 0.545. The highest BCUT2D eigenvalue weighted by atomic mass is 32.1. The van der Waals surface area contributed by atoms with Crippen molar-refractivity contribution in [2.24, 2.45) is 0 Å². The minimum absolute atomic E-state index is 0.475. The number of nitrogens with one attached hydrogen (secondary N) is 2. The average Bonchev–Trinajstić information content (AvgIpc) is 2.89. The quantitative estimate of drug-likeness (QED) is 0.782. The molecule has 6 nitrogen and oxygen atoms in total. The highest BCUT2D eigenvalue weighted by molar-refractivity contribution is 7.15. The van der Waals surface area contributed by atoms with Crippen LogP contribution in [-0.2, 0) is 4.79 Å². The summed E-state index contributed by atoms with van der Waals surface area (Å²) in [5, 5.41) is 14.8. The first kappa shape index (κ1) is 12.8. The van der Waals surface area contributed by atoms with Gasteiger partial charge in [-0.05, 0) is 19.8 Å². The van der Waals surface area contributed by atoms with Crippen molar-refractivity contribution in [1.82, 2.24) is 10.3 Å². The van der Waals surface area contributed by atoms with Gasteiger partial charge in [-0.25, -0.2) is 14.6 Å². The Labute approximate surface area is 108 Å². The normalized spacial score (nSPS) is 17.4. The van der Waals surface area contributed by atoms with Crippen molar-refractivity contribution >= 4 is 28.5 Å². The lowest BCUT2D eigenvalue weighted by atomic mass is 9.98. The second-order valence-corrected chi connectivity index (χ2v) is 5.68. The Balaban J connectivity index is 1.99. The molecule has 3 N–H and O–H groups in total. The SMILES string of the molecule is Cc1cnc(NC(=O)NC2(C(=O)O)CCCC2)s1. The lowest BCUT2D eigenvalue weighted by Crippen LogP contribution is -2.53. The van der Waals surface area contributed by atoms with E-state index < -0.39 is 17.5 Å². The molecule has 0 unspecified atom stereocenters. The molecule has 2 rings (SSSR count). The molecule has 0 aromatic carbocycles. The number of carbonyl (C=O) groups is 2. The van der Waals surface area contributed by atoms with Gasteiger partial charge < -0.3 is 10.4 Å². The Hall–Kier alpha value is -1.63. The van der Waals surface area contributed by atoms with Gasteiger partial charge in [-0.3, -0.25) is 5.32 Å². The molecule has 0 spiro atoms. The van der Waals surface area contributed by atoms with E-state index in [9.17, 15) is 14.7 Å². The number of aromatic nitrogens is 1. The Morgan fingerprint density at radius 3 is 2.61 bits per heavy atom. The number of aliphatic carboxylic acids is 1. The second kappa shape index (κ2) is 4.93. The standard InChI is InChI=1S/C11H15N3O3S/c1-7-6-12-10(18-7)13-9(17)14-11(8(15)16)4-2-3-5-11/h6H,2-5H2,1H3,(H,15,16)(H2,12,13,14,17). The van der Waals surface area contributed by atoms with Crippen molar-refractivity contribution < 1.29 is 14.7 Å². The number of carbonyl (C=O) groups excluding carboxylic acids is 1. The number of rotatable bonds is 3. The van der Waals surface area contributed by atoms with E-state index in [0.717, 1.165) is 17.7 Å². The third-order valence-electron chi connectivity index (χ3n) is 3.06. The average molecular weight is 269 g/mol. The zero-order valence-corrected chi connectivity index (χ0v) is 10.8. The number of amides is 2. The highest BCUT2D eigenvalue weighted by Crippen LogP contribution is 2.30. The molecule has 2 amide bonds. The van der Waals surface area contributed by atoms with Crippen LogP contribution in [0, 0.1) is 6.92 Å². The maximum absolute atomic E-state index is 11.8. The maximum Gasteiger partial charge on any atom is 0.329 e. The Morgan fingerprint density at radius 1 is 1.44 bits per heavy atom. The number of anilines is 1. The number of nitrogens with zero attached hydrogens (tertiary/aromatic N) is 1. The first-order valence-electron chi connectivity index (χ1n) is 5.77. The molecule has 1 aromatic rings. The zero-order chi connectivity index (χ0) is 13.2. The van der Waals surface area contributed by atoms with Crippen LogP contribution >= 0.6 is 11.3 Å². The number of thiazole rings is 1.